The second kappa shape index (κ2) is 8.16. The highest BCUT2D eigenvalue weighted by Gasteiger charge is 2.71. The number of carbonyl (C=O) groups is 1. The van der Waals surface area contributed by atoms with Crippen LogP contribution in [0.3, 0.4) is 0 Å². The number of aliphatic hydroxyl groups excluding tert-OH is 1. The topological polar surface area (TPSA) is 60.8 Å². The highest BCUT2D eigenvalue weighted by molar-refractivity contribution is 5.97. The third-order valence-corrected chi connectivity index (χ3v) is 5.30. The number of carbonyl (C=O) groups excluding carboxylic acids is 1. The largest absolute Gasteiger partial charge is 0.430 e. The number of rotatable bonds is 3. The Hall–Kier alpha value is -2.59. The number of anilines is 1. The van der Waals surface area contributed by atoms with Gasteiger partial charge in [-0.2, -0.15) is 26.3 Å². The number of hydrogen-bond acceptors (Lipinski definition) is 3. The summed E-state index contributed by atoms with van der Waals surface area (Å²) in [6.45, 7) is 0.137. The molecule has 0 aromatic heterocycles. The average Bonchev–Trinajstić information content (AvgIpc) is 2.93. The molecule has 0 aliphatic carbocycles. The van der Waals surface area contributed by atoms with Gasteiger partial charge in [0.15, 0.2) is 6.10 Å². The van der Waals surface area contributed by atoms with Gasteiger partial charge < -0.3 is 15.1 Å². The molecule has 2 aromatic carbocycles. The summed E-state index contributed by atoms with van der Waals surface area (Å²) in [4.78, 5) is 14.0. The first-order chi connectivity index (χ1) is 14.4. The van der Waals surface area contributed by atoms with Crippen molar-refractivity contribution in [1.29, 1.82) is 0 Å². The highest BCUT2D eigenvalue weighted by Crippen LogP contribution is 2.50. The molecule has 3 rings (SSSR count). The van der Waals surface area contributed by atoms with E-state index in [1.54, 1.807) is 18.2 Å². The van der Waals surface area contributed by atoms with Gasteiger partial charge in [0.1, 0.15) is 0 Å². The molecular formula is C21H19F6NO3. The number of halogens is 6. The van der Waals surface area contributed by atoms with E-state index in [1.807, 2.05) is 0 Å². The highest BCUT2D eigenvalue weighted by atomic mass is 19.4. The van der Waals surface area contributed by atoms with E-state index in [9.17, 15) is 41.4 Å². The fourth-order valence-electron chi connectivity index (χ4n) is 3.62. The standard InChI is InChI=1S/C21H19F6NO3/c22-20(23,24)19(31,21(25,26)27)15-9-10-16-14(12-15)8-4-5-11-28(16)18(30)17(29)13-6-2-1-3-7-13/h1-3,6-7,9-10,12,17,29,31H,4-5,8,11H2/t17-/m1/s1. The Balaban J connectivity index is 2.04. The van der Waals surface area contributed by atoms with Gasteiger partial charge in [0.2, 0.25) is 0 Å². The van der Waals surface area contributed by atoms with Crippen LogP contribution >= 0.6 is 0 Å². The van der Waals surface area contributed by atoms with Gasteiger partial charge in [-0.3, -0.25) is 4.79 Å². The number of nitrogens with zero attached hydrogens (tertiary/aromatic N) is 1. The summed E-state index contributed by atoms with van der Waals surface area (Å²) in [6, 6.07) is 10.1. The Kier molecular flexibility index (Phi) is 6.07. The van der Waals surface area contributed by atoms with Crippen LogP contribution in [-0.4, -0.2) is 35.0 Å². The van der Waals surface area contributed by atoms with Gasteiger partial charge in [-0.15, -0.1) is 0 Å². The zero-order valence-electron chi connectivity index (χ0n) is 16.0. The molecule has 0 bridgehead atoms. The zero-order valence-corrected chi connectivity index (χ0v) is 16.0. The first-order valence-corrected chi connectivity index (χ1v) is 9.41. The van der Waals surface area contributed by atoms with Crippen LogP contribution in [0, 0.1) is 0 Å². The van der Waals surface area contributed by atoms with Crippen molar-refractivity contribution in [2.24, 2.45) is 0 Å². The SMILES string of the molecule is O=C([C@H](O)c1ccccc1)N1CCCCc2cc(C(O)(C(F)(F)F)C(F)(F)F)ccc21. The molecule has 0 saturated carbocycles. The zero-order chi connectivity index (χ0) is 23.0. The van der Waals surface area contributed by atoms with E-state index in [-0.39, 0.29) is 24.2 Å². The maximum atomic E-state index is 13.2. The van der Waals surface area contributed by atoms with Crippen LogP contribution in [-0.2, 0) is 16.8 Å². The lowest BCUT2D eigenvalue weighted by molar-refractivity contribution is -0.376. The molecule has 0 radical (unpaired) electrons. The van der Waals surface area contributed by atoms with E-state index in [2.05, 4.69) is 0 Å². The Labute approximate surface area is 173 Å². The van der Waals surface area contributed by atoms with Crippen molar-refractivity contribution >= 4 is 11.6 Å². The van der Waals surface area contributed by atoms with E-state index in [4.69, 9.17) is 0 Å². The fourth-order valence-corrected chi connectivity index (χ4v) is 3.62. The molecular weight excluding hydrogens is 428 g/mol. The smallest absolute Gasteiger partial charge is 0.378 e. The molecule has 168 valence electrons. The molecule has 1 heterocycles. The minimum atomic E-state index is -6.00. The van der Waals surface area contributed by atoms with E-state index < -0.39 is 35.5 Å². The summed E-state index contributed by atoms with van der Waals surface area (Å²) in [7, 11) is 0. The van der Waals surface area contributed by atoms with Gasteiger partial charge in [0, 0.05) is 17.8 Å². The lowest BCUT2D eigenvalue weighted by Gasteiger charge is -2.33. The molecule has 31 heavy (non-hydrogen) atoms. The van der Waals surface area contributed by atoms with Crippen LogP contribution in [0.2, 0.25) is 0 Å². The molecule has 1 aliphatic heterocycles. The van der Waals surface area contributed by atoms with Crippen LogP contribution in [0.4, 0.5) is 32.0 Å². The summed E-state index contributed by atoms with van der Waals surface area (Å²) in [5, 5.41) is 20.1. The van der Waals surface area contributed by atoms with Crippen molar-refractivity contribution in [3.8, 4) is 0 Å². The lowest BCUT2D eigenvalue weighted by atomic mass is 9.89. The molecule has 2 aromatic rings. The lowest BCUT2D eigenvalue weighted by Crippen LogP contribution is -2.54. The van der Waals surface area contributed by atoms with Crippen LogP contribution < -0.4 is 4.90 Å². The maximum absolute atomic E-state index is 13.2. The number of hydrogen-bond donors (Lipinski definition) is 2. The number of aryl methyl sites for hydroxylation is 1. The second-order valence-electron chi connectivity index (χ2n) is 7.31. The van der Waals surface area contributed by atoms with E-state index in [1.165, 1.54) is 12.1 Å². The summed E-state index contributed by atoms with van der Waals surface area (Å²) in [5.74, 6) is -0.746. The number of aliphatic hydroxyl groups is 2. The second-order valence-corrected chi connectivity index (χ2v) is 7.31. The molecule has 4 nitrogen and oxygen atoms in total. The molecule has 2 N–H and O–H groups in total. The van der Waals surface area contributed by atoms with Crippen molar-refractivity contribution in [3.05, 3.63) is 65.2 Å². The Morgan fingerprint density at radius 2 is 1.55 bits per heavy atom. The number of fused-ring (bicyclic) bond motifs is 1. The Bertz CT molecular complexity index is 928. The Morgan fingerprint density at radius 3 is 2.13 bits per heavy atom. The van der Waals surface area contributed by atoms with Crippen molar-refractivity contribution in [3.63, 3.8) is 0 Å². The van der Waals surface area contributed by atoms with Gasteiger partial charge in [0.05, 0.1) is 0 Å². The average molecular weight is 447 g/mol. The first-order valence-electron chi connectivity index (χ1n) is 9.41. The first kappa shape index (κ1) is 23.1. The Morgan fingerprint density at radius 1 is 0.935 bits per heavy atom. The van der Waals surface area contributed by atoms with E-state index >= 15 is 0 Å². The predicted molar refractivity (Wildman–Crippen MR) is 99.1 cm³/mol. The molecule has 0 unspecified atom stereocenters. The molecule has 1 amide bonds. The van der Waals surface area contributed by atoms with Crippen LogP contribution in [0.5, 0.6) is 0 Å². The van der Waals surface area contributed by atoms with Crippen molar-refractivity contribution < 1.29 is 41.4 Å². The molecule has 0 spiro atoms. The van der Waals surface area contributed by atoms with Crippen LogP contribution in [0.1, 0.15) is 35.6 Å². The van der Waals surface area contributed by atoms with Gasteiger partial charge in [-0.05, 0) is 36.5 Å². The summed E-state index contributed by atoms with van der Waals surface area (Å²) >= 11 is 0. The molecule has 0 fully saturated rings. The summed E-state index contributed by atoms with van der Waals surface area (Å²) < 4.78 is 79.4. The predicted octanol–water partition coefficient (Wildman–Crippen LogP) is 4.40. The molecule has 0 saturated heterocycles. The molecule has 10 heteroatoms. The van der Waals surface area contributed by atoms with E-state index in [0.717, 1.165) is 11.0 Å². The molecule has 1 atom stereocenters. The minimum absolute atomic E-state index is 0.0514. The number of amides is 1. The number of alkyl halides is 6. The third kappa shape index (κ3) is 4.14. The summed E-state index contributed by atoms with van der Waals surface area (Å²) in [5.41, 5.74) is -5.95. The number of benzene rings is 2. The normalized spacial score (nSPS) is 16.5. The van der Waals surface area contributed by atoms with Crippen molar-refractivity contribution in [2.45, 2.75) is 43.3 Å². The van der Waals surface area contributed by atoms with Crippen LogP contribution in [0.25, 0.3) is 0 Å². The third-order valence-electron chi connectivity index (χ3n) is 5.30. The quantitative estimate of drug-likeness (QED) is 0.686. The minimum Gasteiger partial charge on any atom is -0.378 e. The van der Waals surface area contributed by atoms with Gasteiger partial charge >= 0.3 is 12.4 Å². The van der Waals surface area contributed by atoms with Crippen LogP contribution in [0.15, 0.2) is 48.5 Å². The monoisotopic (exact) mass is 447 g/mol. The summed E-state index contributed by atoms with van der Waals surface area (Å²) in [6.07, 6.45) is -12.6. The molecule has 1 aliphatic rings. The van der Waals surface area contributed by atoms with Crippen molar-refractivity contribution in [2.75, 3.05) is 11.4 Å². The van der Waals surface area contributed by atoms with Crippen molar-refractivity contribution in [1.82, 2.24) is 0 Å². The fraction of sp³-hybridized carbons (Fsp3) is 0.381. The maximum Gasteiger partial charge on any atom is 0.430 e. The van der Waals surface area contributed by atoms with Gasteiger partial charge in [0.25, 0.3) is 11.5 Å². The van der Waals surface area contributed by atoms with E-state index in [0.29, 0.717) is 30.5 Å². The van der Waals surface area contributed by atoms with Gasteiger partial charge in [-0.1, -0.05) is 42.5 Å². The van der Waals surface area contributed by atoms with Gasteiger partial charge in [-0.25, -0.2) is 0 Å².